The van der Waals surface area contributed by atoms with E-state index in [0.29, 0.717) is 19.6 Å². The van der Waals surface area contributed by atoms with Crippen LogP contribution in [0.25, 0.3) is 0 Å². The second kappa shape index (κ2) is 10.7. The fourth-order valence-corrected chi connectivity index (χ4v) is 4.24. The van der Waals surface area contributed by atoms with Gasteiger partial charge in [-0.15, -0.1) is 0 Å². The molecule has 176 valence electrons. The standard InChI is InChI=1S/C22H32FN5O4/c1-4-5-6-18-21(30)26(11-12-32-3)14-19-27(18)20(29)15-25(2)28(19)22(31)24-13-16-7-9-17(23)10-8-16/h7-10,18-19H,4-6,11-15H2,1-3H3,(H,24,31)/t18-,19-/m0/s1. The summed E-state index contributed by atoms with van der Waals surface area (Å²) in [7, 11) is 3.26. The molecule has 0 saturated carbocycles. The molecule has 1 aromatic carbocycles. The van der Waals surface area contributed by atoms with Gasteiger partial charge in [-0.1, -0.05) is 31.9 Å². The molecule has 0 aliphatic carbocycles. The van der Waals surface area contributed by atoms with Crippen LogP contribution < -0.4 is 5.32 Å². The van der Waals surface area contributed by atoms with E-state index in [2.05, 4.69) is 5.32 Å². The summed E-state index contributed by atoms with van der Waals surface area (Å²) in [5.74, 6) is -0.608. The van der Waals surface area contributed by atoms with Crippen molar-refractivity contribution in [2.24, 2.45) is 0 Å². The van der Waals surface area contributed by atoms with Crippen molar-refractivity contribution in [1.29, 1.82) is 0 Å². The summed E-state index contributed by atoms with van der Waals surface area (Å²) in [6, 6.07) is 4.92. The highest BCUT2D eigenvalue weighted by molar-refractivity contribution is 5.91. The largest absolute Gasteiger partial charge is 0.383 e. The summed E-state index contributed by atoms with van der Waals surface area (Å²) in [5.41, 5.74) is 0.758. The molecule has 0 spiro atoms. The molecule has 0 aromatic heterocycles. The Morgan fingerprint density at radius 3 is 2.62 bits per heavy atom. The lowest BCUT2D eigenvalue weighted by Crippen LogP contribution is -2.76. The summed E-state index contributed by atoms with van der Waals surface area (Å²) in [4.78, 5) is 42.5. The van der Waals surface area contributed by atoms with Gasteiger partial charge in [-0.25, -0.2) is 19.2 Å². The van der Waals surface area contributed by atoms with E-state index in [1.165, 1.54) is 17.1 Å². The van der Waals surface area contributed by atoms with Gasteiger partial charge in [0.15, 0.2) is 0 Å². The van der Waals surface area contributed by atoms with Crippen molar-refractivity contribution >= 4 is 17.8 Å². The van der Waals surface area contributed by atoms with Crippen LogP contribution in [0.5, 0.6) is 0 Å². The molecule has 2 saturated heterocycles. The van der Waals surface area contributed by atoms with E-state index in [9.17, 15) is 18.8 Å². The molecule has 10 heteroatoms. The SMILES string of the molecule is CCCC[C@H]1C(=O)N(CCOC)C[C@H]2N1C(=O)CN(C)N2C(=O)NCc1ccc(F)cc1. The van der Waals surface area contributed by atoms with E-state index in [0.717, 1.165) is 18.4 Å². The number of rotatable bonds is 8. The van der Waals surface area contributed by atoms with E-state index in [1.54, 1.807) is 41.1 Å². The lowest BCUT2D eigenvalue weighted by molar-refractivity contribution is -0.187. The monoisotopic (exact) mass is 449 g/mol. The normalized spacial score (nSPS) is 21.7. The van der Waals surface area contributed by atoms with Gasteiger partial charge >= 0.3 is 6.03 Å². The lowest BCUT2D eigenvalue weighted by Gasteiger charge is -2.54. The Labute approximate surface area is 188 Å². The van der Waals surface area contributed by atoms with E-state index in [1.807, 2.05) is 6.92 Å². The zero-order valence-electron chi connectivity index (χ0n) is 18.9. The van der Waals surface area contributed by atoms with E-state index < -0.39 is 12.2 Å². The Hall–Kier alpha value is -2.72. The maximum absolute atomic E-state index is 13.2. The second-order valence-electron chi connectivity index (χ2n) is 8.16. The number of methoxy groups -OCH3 is 1. The zero-order chi connectivity index (χ0) is 23.3. The minimum Gasteiger partial charge on any atom is -0.383 e. The third kappa shape index (κ3) is 5.18. The fourth-order valence-electron chi connectivity index (χ4n) is 4.24. The number of carbonyl (C=O) groups excluding carboxylic acids is 3. The Bertz CT molecular complexity index is 821. The molecule has 0 bridgehead atoms. The van der Waals surface area contributed by atoms with Crippen LogP contribution in [0.4, 0.5) is 9.18 Å². The van der Waals surface area contributed by atoms with Gasteiger partial charge in [-0.3, -0.25) is 9.59 Å². The van der Waals surface area contributed by atoms with Crippen LogP contribution in [0.15, 0.2) is 24.3 Å². The van der Waals surface area contributed by atoms with Crippen LogP contribution in [0, 0.1) is 5.82 Å². The highest BCUT2D eigenvalue weighted by Crippen LogP contribution is 2.28. The third-order valence-corrected chi connectivity index (χ3v) is 5.90. The average molecular weight is 450 g/mol. The summed E-state index contributed by atoms with van der Waals surface area (Å²) in [5, 5.41) is 5.95. The molecule has 0 radical (unpaired) electrons. The number of hydrogen-bond donors (Lipinski definition) is 1. The minimum atomic E-state index is -0.606. The number of halogens is 1. The van der Waals surface area contributed by atoms with Crippen molar-refractivity contribution in [1.82, 2.24) is 25.1 Å². The molecule has 9 nitrogen and oxygen atoms in total. The molecule has 0 unspecified atom stereocenters. The van der Waals surface area contributed by atoms with E-state index in [-0.39, 0.29) is 43.3 Å². The number of piperazine rings is 1. The van der Waals surface area contributed by atoms with E-state index >= 15 is 0 Å². The highest BCUT2D eigenvalue weighted by atomic mass is 19.1. The van der Waals surface area contributed by atoms with Crippen molar-refractivity contribution in [2.45, 2.75) is 44.9 Å². The molecule has 32 heavy (non-hydrogen) atoms. The van der Waals surface area contributed by atoms with Crippen LogP contribution in [-0.4, -0.2) is 90.3 Å². The number of urea groups is 1. The molecule has 1 N–H and O–H groups in total. The summed E-state index contributed by atoms with van der Waals surface area (Å²) >= 11 is 0. The molecule has 2 aliphatic rings. The molecule has 3 rings (SSSR count). The first-order valence-corrected chi connectivity index (χ1v) is 11.0. The summed E-state index contributed by atoms with van der Waals surface area (Å²) < 4.78 is 18.3. The first-order valence-electron chi connectivity index (χ1n) is 11.0. The van der Waals surface area contributed by atoms with Gasteiger partial charge in [-0.2, -0.15) is 0 Å². The van der Waals surface area contributed by atoms with Gasteiger partial charge in [0.05, 0.1) is 19.7 Å². The van der Waals surface area contributed by atoms with Crippen LogP contribution in [0.2, 0.25) is 0 Å². The Kier molecular flexibility index (Phi) is 8.03. The minimum absolute atomic E-state index is 0.00838. The number of amides is 4. The summed E-state index contributed by atoms with van der Waals surface area (Å²) in [6.07, 6.45) is 1.65. The molecular weight excluding hydrogens is 417 g/mol. The topological polar surface area (TPSA) is 85.4 Å². The predicted molar refractivity (Wildman–Crippen MR) is 116 cm³/mol. The van der Waals surface area contributed by atoms with Crippen LogP contribution in [-0.2, 0) is 20.9 Å². The Morgan fingerprint density at radius 1 is 1.25 bits per heavy atom. The number of carbonyl (C=O) groups is 3. The van der Waals surface area contributed by atoms with Crippen molar-refractivity contribution < 1.29 is 23.5 Å². The van der Waals surface area contributed by atoms with Crippen LogP contribution in [0.1, 0.15) is 31.7 Å². The van der Waals surface area contributed by atoms with Gasteiger partial charge in [0.2, 0.25) is 11.8 Å². The molecule has 2 fully saturated rings. The van der Waals surface area contributed by atoms with Gasteiger partial charge in [0.25, 0.3) is 0 Å². The molecule has 4 amide bonds. The number of fused-ring (bicyclic) bond motifs is 1. The number of hydrazine groups is 1. The first-order chi connectivity index (χ1) is 15.4. The molecule has 2 heterocycles. The molecule has 1 aromatic rings. The molecular formula is C22H32FN5O4. The maximum Gasteiger partial charge on any atom is 0.334 e. The maximum atomic E-state index is 13.2. The van der Waals surface area contributed by atoms with Crippen LogP contribution >= 0.6 is 0 Å². The van der Waals surface area contributed by atoms with Crippen molar-refractivity contribution in [3.8, 4) is 0 Å². The highest BCUT2D eigenvalue weighted by Gasteiger charge is 2.50. The first kappa shape index (κ1) is 23.9. The smallest absolute Gasteiger partial charge is 0.334 e. The predicted octanol–water partition coefficient (Wildman–Crippen LogP) is 1.40. The fraction of sp³-hybridized carbons (Fsp3) is 0.591. The number of hydrogen-bond acceptors (Lipinski definition) is 5. The third-order valence-electron chi connectivity index (χ3n) is 5.90. The quantitative estimate of drug-likeness (QED) is 0.649. The number of nitrogens with one attached hydrogen (secondary N) is 1. The van der Waals surface area contributed by atoms with Gasteiger partial charge in [-0.05, 0) is 24.1 Å². The van der Waals surface area contributed by atoms with E-state index in [4.69, 9.17) is 4.74 Å². The number of benzene rings is 1. The van der Waals surface area contributed by atoms with Crippen molar-refractivity contribution in [3.63, 3.8) is 0 Å². The van der Waals surface area contributed by atoms with Gasteiger partial charge < -0.3 is 19.9 Å². The number of unbranched alkanes of at least 4 members (excludes halogenated alkanes) is 1. The lowest BCUT2D eigenvalue weighted by atomic mass is 10.0. The Morgan fingerprint density at radius 2 is 1.97 bits per heavy atom. The molecule has 2 atom stereocenters. The second-order valence-corrected chi connectivity index (χ2v) is 8.16. The molecule has 2 aliphatic heterocycles. The van der Waals surface area contributed by atoms with Crippen LogP contribution in [0.3, 0.4) is 0 Å². The van der Waals surface area contributed by atoms with Crippen molar-refractivity contribution in [2.75, 3.05) is 40.4 Å². The van der Waals surface area contributed by atoms with Crippen molar-refractivity contribution in [3.05, 3.63) is 35.6 Å². The van der Waals surface area contributed by atoms with Gasteiger partial charge in [0.1, 0.15) is 18.0 Å². The van der Waals surface area contributed by atoms with Gasteiger partial charge in [0, 0.05) is 27.2 Å². The average Bonchev–Trinajstić information content (AvgIpc) is 2.77. The number of ether oxygens (including phenoxy) is 1. The number of nitrogens with zero attached hydrogens (tertiary/aromatic N) is 4. The Balaban J connectivity index is 1.81. The number of likely N-dealkylation sites (N-methyl/N-ethyl adjacent to an activating group) is 1. The zero-order valence-corrected chi connectivity index (χ0v) is 18.9. The summed E-state index contributed by atoms with van der Waals surface area (Å²) in [6.45, 7) is 3.24.